The smallest absolute Gasteiger partial charge is 0.243 e. The minimum absolute atomic E-state index is 0.0578. The van der Waals surface area contributed by atoms with Gasteiger partial charge in [0.1, 0.15) is 6.04 Å². The van der Waals surface area contributed by atoms with Crippen molar-refractivity contribution in [2.45, 2.75) is 23.8 Å². The Morgan fingerprint density at radius 2 is 1.79 bits per heavy atom. The summed E-state index contributed by atoms with van der Waals surface area (Å²) in [6.45, 7) is 3.58. The molecule has 2 heterocycles. The van der Waals surface area contributed by atoms with Crippen LogP contribution in [0.15, 0.2) is 29.2 Å². The van der Waals surface area contributed by atoms with Gasteiger partial charge < -0.3 is 9.80 Å². The highest BCUT2D eigenvalue weighted by molar-refractivity contribution is 7.89. The molecule has 0 spiro atoms. The van der Waals surface area contributed by atoms with Crippen LogP contribution in [0, 0.1) is 0 Å². The van der Waals surface area contributed by atoms with Crippen molar-refractivity contribution in [3.05, 3.63) is 29.3 Å². The standard InChI is InChI=1S/C16H22ClN3O3S/c1-18-9-11-19(12-10-18)16(21)15-3-2-8-20(15)24(22,23)14-6-4-13(17)5-7-14/h4-7,15H,2-3,8-12H2,1H3/p+1/t15-/m1/s1. The highest BCUT2D eigenvalue weighted by Gasteiger charge is 2.41. The molecule has 2 fully saturated rings. The maximum Gasteiger partial charge on any atom is 0.243 e. The normalized spacial score (nSPS) is 23.6. The van der Waals surface area contributed by atoms with Crippen LogP contribution in [-0.2, 0) is 14.8 Å². The Labute approximate surface area is 148 Å². The number of rotatable bonds is 3. The Balaban J connectivity index is 1.79. The average Bonchev–Trinajstić information content (AvgIpc) is 3.06. The van der Waals surface area contributed by atoms with Gasteiger partial charge in [-0.05, 0) is 37.1 Å². The Hall–Kier alpha value is -1.15. The first kappa shape index (κ1) is 17.7. The summed E-state index contributed by atoms with van der Waals surface area (Å²) < 4.78 is 27.2. The van der Waals surface area contributed by atoms with Gasteiger partial charge >= 0.3 is 0 Å². The summed E-state index contributed by atoms with van der Waals surface area (Å²) in [5.41, 5.74) is 0. The van der Waals surface area contributed by atoms with Crippen molar-refractivity contribution in [2.24, 2.45) is 0 Å². The van der Waals surface area contributed by atoms with Crippen LogP contribution in [0.3, 0.4) is 0 Å². The Bertz CT molecular complexity index is 700. The zero-order valence-corrected chi connectivity index (χ0v) is 15.3. The van der Waals surface area contributed by atoms with Crippen LogP contribution in [0.4, 0.5) is 0 Å². The van der Waals surface area contributed by atoms with E-state index in [4.69, 9.17) is 11.6 Å². The molecule has 1 atom stereocenters. The molecule has 2 saturated heterocycles. The number of sulfonamides is 1. The Kier molecular flexibility index (Phi) is 5.15. The van der Waals surface area contributed by atoms with E-state index >= 15 is 0 Å². The number of hydrogen-bond acceptors (Lipinski definition) is 3. The molecule has 1 aromatic carbocycles. The molecule has 1 amide bonds. The van der Waals surface area contributed by atoms with Crippen molar-refractivity contribution >= 4 is 27.5 Å². The molecular weight excluding hydrogens is 350 g/mol. The number of quaternary nitrogens is 1. The van der Waals surface area contributed by atoms with Crippen molar-refractivity contribution in [2.75, 3.05) is 39.8 Å². The zero-order valence-electron chi connectivity index (χ0n) is 13.7. The number of benzene rings is 1. The van der Waals surface area contributed by atoms with Gasteiger partial charge in [0.15, 0.2) is 0 Å². The summed E-state index contributed by atoms with van der Waals surface area (Å²) in [5.74, 6) is -0.0578. The maximum atomic E-state index is 12.9. The lowest BCUT2D eigenvalue weighted by Gasteiger charge is -2.33. The minimum atomic E-state index is -3.68. The van der Waals surface area contributed by atoms with E-state index in [1.54, 1.807) is 12.1 Å². The molecule has 1 N–H and O–H groups in total. The molecule has 2 aliphatic rings. The molecule has 0 radical (unpaired) electrons. The third-order valence-electron chi connectivity index (χ3n) is 4.84. The molecular formula is C16H23ClN3O3S+. The van der Waals surface area contributed by atoms with Gasteiger partial charge in [0, 0.05) is 11.6 Å². The van der Waals surface area contributed by atoms with Crippen molar-refractivity contribution in [1.82, 2.24) is 9.21 Å². The second-order valence-electron chi connectivity index (χ2n) is 6.51. The van der Waals surface area contributed by atoms with Crippen molar-refractivity contribution in [3.63, 3.8) is 0 Å². The van der Waals surface area contributed by atoms with E-state index in [1.165, 1.54) is 21.3 Å². The molecule has 3 rings (SSSR count). The van der Waals surface area contributed by atoms with Crippen LogP contribution in [0.2, 0.25) is 5.02 Å². The second kappa shape index (κ2) is 7.00. The van der Waals surface area contributed by atoms with Gasteiger partial charge in [0.05, 0.1) is 38.1 Å². The number of hydrogen-bond donors (Lipinski definition) is 1. The minimum Gasteiger partial charge on any atom is -0.334 e. The van der Waals surface area contributed by atoms with Gasteiger partial charge in [-0.25, -0.2) is 8.42 Å². The van der Waals surface area contributed by atoms with Crippen LogP contribution < -0.4 is 4.90 Å². The molecule has 0 saturated carbocycles. The number of nitrogens with one attached hydrogen (secondary N) is 1. The molecule has 0 unspecified atom stereocenters. The molecule has 0 aliphatic carbocycles. The number of likely N-dealkylation sites (N-methyl/N-ethyl adjacent to an activating group) is 1. The average molecular weight is 373 g/mol. The fraction of sp³-hybridized carbons (Fsp3) is 0.562. The van der Waals surface area contributed by atoms with Gasteiger partial charge in [0.2, 0.25) is 15.9 Å². The molecule has 132 valence electrons. The second-order valence-corrected chi connectivity index (χ2v) is 8.84. The van der Waals surface area contributed by atoms with Crippen LogP contribution >= 0.6 is 11.6 Å². The molecule has 0 aromatic heterocycles. The van der Waals surface area contributed by atoms with E-state index in [9.17, 15) is 13.2 Å². The molecule has 8 heteroatoms. The van der Waals surface area contributed by atoms with E-state index in [0.717, 1.165) is 13.1 Å². The van der Waals surface area contributed by atoms with Gasteiger partial charge in [-0.15, -0.1) is 0 Å². The summed E-state index contributed by atoms with van der Waals surface area (Å²) in [7, 11) is -1.57. The molecule has 0 bridgehead atoms. The summed E-state index contributed by atoms with van der Waals surface area (Å²) >= 11 is 5.84. The van der Waals surface area contributed by atoms with E-state index in [-0.39, 0.29) is 10.8 Å². The largest absolute Gasteiger partial charge is 0.334 e. The maximum absolute atomic E-state index is 12.9. The number of piperazine rings is 1. The van der Waals surface area contributed by atoms with E-state index < -0.39 is 16.1 Å². The lowest BCUT2D eigenvalue weighted by Crippen LogP contribution is -3.12. The zero-order chi connectivity index (χ0) is 17.3. The summed E-state index contributed by atoms with van der Waals surface area (Å²) in [4.78, 5) is 16.2. The third-order valence-corrected chi connectivity index (χ3v) is 7.01. The van der Waals surface area contributed by atoms with Gasteiger partial charge in [0.25, 0.3) is 0 Å². The molecule has 2 aliphatic heterocycles. The predicted octanol–water partition coefficient (Wildman–Crippen LogP) is -0.150. The van der Waals surface area contributed by atoms with E-state index in [2.05, 4.69) is 7.05 Å². The summed E-state index contributed by atoms with van der Waals surface area (Å²) in [6.07, 6.45) is 1.30. The fourth-order valence-electron chi connectivity index (χ4n) is 3.34. The lowest BCUT2D eigenvalue weighted by atomic mass is 10.2. The first-order chi connectivity index (χ1) is 11.4. The predicted molar refractivity (Wildman–Crippen MR) is 91.6 cm³/mol. The van der Waals surface area contributed by atoms with E-state index in [0.29, 0.717) is 37.5 Å². The number of halogens is 1. The molecule has 1 aromatic rings. The highest BCUT2D eigenvalue weighted by Crippen LogP contribution is 2.28. The fourth-order valence-corrected chi connectivity index (χ4v) is 5.11. The number of carbonyl (C=O) groups excluding carboxylic acids is 1. The third kappa shape index (κ3) is 3.44. The summed E-state index contributed by atoms with van der Waals surface area (Å²) in [5, 5.41) is 0.489. The number of nitrogens with zero attached hydrogens (tertiary/aromatic N) is 2. The Morgan fingerprint density at radius 1 is 1.17 bits per heavy atom. The number of amides is 1. The SMILES string of the molecule is C[NH+]1CCN(C(=O)[C@H]2CCCN2S(=O)(=O)c2ccc(Cl)cc2)CC1. The van der Waals surface area contributed by atoms with Crippen LogP contribution in [-0.4, -0.2) is 69.3 Å². The lowest BCUT2D eigenvalue weighted by molar-refractivity contribution is -0.883. The van der Waals surface area contributed by atoms with Crippen LogP contribution in [0.5, 0.6) is 0 Å². The van der Waals surface area contributed by atoms with Crippen LogP contribution in [0.1, 0.15) is 12.8 Å². The quantitative estimate of drug-likeness (QED) is 0.802. The van der Waals surface area contributed by atoms with Crippen molar-refractivity contribution < 1.29 is 18.1 Å². The number of carbonyl (C=O) groups is 1. The van der Waals surface area contributed by atoms with Crippen molar-refractivity contribution in [3.8, 4) is 0 Å². The van der Waals surface area contributed by atoms with Crippen LogP contribution in [0.25, 0.3) is 0 Å². The van der Waals surface area contributed by atoms with E-state index in [1.807, 2.05) is 4.90 Å². The molecule has 24 heavy (non-hydrogen) atoms. The first-order valence-electron chi connectivity index (χ1n) is 8.27. The topological polar surface area (TPSA) is 62.1 Å². The monoisotopic (exact) mass is 372 g/mol. The van der Waals surface area contributed by atoms with Crippen molar-refractivity contribution in [1.29, 1.82) is 0 Å². The van der Waals surface area contributed by atoms with Gasteiger partial charge in [-0.3, -0.25) is 4.79 Å². The molecule has 6 nitrogen and oxygen atoms in total. The Morgan fingerprint density at radius 3 is 2.42 bits per heavy atom. The van der Waals surface area contributed by atoms with Gasteiger partial charge in [-0.2, -0.15) is 4.31 Å². The summed E-state index contributed by atoms with van der Waals surface area (Å²) in [6, 6.07) is 5.53. The van der Waals surface area contributed by atoms with Gasteiger partial charge in [-0.1, -0.05) is 11.6 Å². The highest BCUT2D eigenvalue weighted by atomic mass is 35.5. The first-order valence-corrected chi connectivity index (χ1v) is 10.1.